The van der Waals surface area contributed by atoms with Crippen LogP contribution in [0.5, 0.6) is 0 Å². The van der Waals surface area contributed by atoms with Gasteiger partial charge in [0.2, 0.25) is 21.8 Å². The Bertz CT molecular complexity index is 1090. The zero-order chi connectivity index (χ0) is 22.8. The van der Waals surface area contributed by atoms with Gasteiger partial charge in [-0.05, 0) is 36.2 Å². The van der Waals surface area contributed by atoms with E-state index in [0.29, 0.717) is 16.1 Å². The van der Waals surface area contributed by atoms with E-state index in [0.717, 1.165) is 10.6 Å². The molecular formula is C21H23ClFN3O4S. The van der Waals surface area contributed by atoms with Gasteiger partial charge in [-0.2, -0.15) is 4.31 Å². The van der Waals surface area contributed by atoms with Crippen molar-refractivity contribution in [2.45, 2.75) is 25.6 Å². The van der Waals surface area contributed by atoms with E-state index >= 15 is 0 Å². The molecule has 1 aliphatic heterocycles. The van der Waals surface area contributed by atoms with Crippen molar-refractivity contribution in [3.05, 3.63) is 70.5 Å². The molecule has 3 rings (SSSR count). The lowest BCUT2D eigenvalue weighted by molar-refractivity contribution is -0.153. The van der Waals surface area contributed by atoms with E-state index in [1.54, 1.807) is 24.3 Å². The van der Waals surface area contributed by atoms with Gasteiger partial charge in [0.15, 0.2) is 0 Å². The van der Waals surface area contributed by atoms with Gasteiger partial charge in [0, 0.05) is 24.7 Å². The van der Waals surface area contributed by atoms with Crippen LogP contribution in [0.25, 0.3) is 0 Å². The molecule has 1 fully saturated rings. The maximum Gasteiger partial charge on any atom is 0.247 e. The third-order valence-corrected chi connectivity index (χ3v) is 6.87. The van der Waals surface area contributed by atoms with Crippen LogP contribution in [-0.2, 0) is 32.7 Å². The lowest BCUT2D eigenvalue weighted by Crippen LogP contribution is -2.69. The van der Waals surface area contributed by atoms with Crippen LogP contribution in [-0.4, -0.2) is 54.3 Å². The fourth-order valence-electron chi connectivity index (χ4n) is 3.46. The molecule has 1 atom stereocenters. The highest BCUT2D eigenvalue weighted by atomic mass is 35.5. The Balaban J connectivity index is 1.89. The molecule has 2 aromatic carbocycles. The number of rotatable bonds is 6. The number of carbonyl (C=O) groups is 2. The largest absolute Gasteiger partial charge is 0.350 e. The third kappa shape index (κ3) is 5.23. The average Bonchev–Trinajstić information content (AvgIpc) is 2.70. The Morgan fingerprint density at radius 1 is 1.19 bits per heavy atom. The molecule has 1 aliphatic rings. The number of amides is 2. The molecule has 0 unspecified atom stereocenters. The fourth-order valence-corrected chi connectivity index (χ4v) is 4.49. The van der Waals surface area contributed by atoms with E-state index in [9.17, 15) is 22.4 Å². The van der Waals surface area contributed by atoms with E-state index in [-0.39, 0.29) is 26.2 Å². The molecule has 0 bridgehead atoms. The van der Waals surface area contributed by atoms with Crippen molar-refractivity contribution in [3.8, 4) is 0 Å². The molecule has 2 aromatic rings. The standard InChI is InChI=1S/C21H23ClFN3O4S/c1-21(20(28)24-11-15-7-9-17(23)10-8-15)14-25(31(2,29)30)13-19(27)26(21)12-16-5-3-4-6-18(16)22/h3-10H,11-14H2,1-2H3,(H,24,28)/t21-/m0/s1. The first-order valence-electron chi connectivity index (χ1n) is 9.52. The molecule has 0 aliphatic carbocycles. The Hall–Kier alpha value is -2.49. The summed E-state index contributed by atoms with van der Waals surface area (Å²) in [6.45, 7) is 1.12. The SMILES string of the molecule is C[C@@]1(C(=O)NCc2ccc(F)cc2)CN(S(C)(=O)=O)CC(=O)N1Cc1ccccc1Cl. The highest BCUT2D eigenvalue weighted by Gasteiger charge is 2.49. The average molecular weight is 468 g/mol. The van der Waals surface area contributed by atoms with Crippen LogP contribution in [0, 0.1) is 5.82 Å². The zero-order valence-electron chi connectivity index (χ0n) is 17.1. The summed E-state index contributed by atoms with van der Waals surface area (Å²) in [4.78, 5) is 27.5. The summed E-state index contributed by atoms with van der Waals surface area (Å²) in [6.07, 6.45) is 1.00. The third-order valence-electron chi connectivity index (χ3n) is 5.30. The number of sulfonamides is 1. The normalized spacial score (nSPS) is 20.0. The molecule has 0 spiro atoms. The van der Waals surface area contributed by atoms with E-state index in [1.165, 1.54) is 36.1 Å². The molecular weight excluding hydrogens is 445 g/mol. The van der Waals surface area contributed by atoms with Gasteiger partial charge in [-0.1, -0.05) is 41.9 Å². The van der Waals surface area contributed by atoms with Gasteiger partial charge in [-0.15, -0.1) is 0 Å². The molecule has 0 radical (unpaired) electrons. The lowest BCUT2D eigenvalue weighted by atomic mass is 9.94. The number of halogens is 2. The topological polar surface area (TPSA) is 86.8 Å². The highest BCUT2D eigenvalue weighted by molar-refractivity contribution is 7.88. The predicted molar refractivity (Wildman–Crippen MR) is 115 cm³/mol. The molecule has 166 valence electrons. The van der Waals surface area contributed by atoms with Gasteiger partial charge in [-0.3, -0.25) is 9.59 Å². The zero-order valence-corrected chi connectivity index (χ0v) is 18.7. The van der Waals surface area contributed by atoms with Crippen molar-refractivity contribution in [3.63, 3.8) is 0 Å². The van der Waals surface area contributed by atoms with Gasteiger partial charge in [0.05, 0.1) is 12.8 Å². The quantitative estimate of drug-likeness (QED) is 0.705. The van der Waals surface area contributed by atoms with Crippen LogP contribution in [0.3, 0.4) is 0 Å². The molecule has 0 saturated carbocycles. The second-order valence-electron chi connectivity index (χ2n) is 7.69. The molecule has 1 N–H and O–H groups in total. The first-order chi connectivity index (χ1) is 14.5. The van der Waals surface area contributed by atoms with Crippen molar-refractivity contribution in [1.82, 2.24) is 14.5 Å². The molecule has 0 aromatic heterocycles. The van der Waals surface area contributed by atoms with Crippen molar-refractivity contribution in [2.24, 2.45) is 0 Å². The summed E-state index contributed by atoms with van der Waals surface area (Å²) in [6, 6.07) is 12.6. The van der Waals surface area contributed by atoms with Crippen molar-refractivity contribution >= 4 is 33.4 Å². The number of nitrogens with one attached hydrogen (secondary N) is 1. The number of nitrogens with zero attached hydrogens (tertiary/aromatic N) is 2. The second kappa shape index (κ2) is 8.94. The molecule has 1 saturated heterocycles. The lowest BCUT2D eigenvalue weighted by Gasteiger charge is -2.46. The predicted octanol–water partition coefficient (Wildman–Crippen LogP) is 2.16. The number of hydrogen-bond acceptors (Lipinski definition) is 4. The summed E-state index contributed by atoms with van der Waals surface area (Å²) in [5.41, 5.74) is -0.168. The monoisotopic (exact) mass is 467 g/mol. The molecule has 2 amide bonds. The summed E-state index contributed by atoms with van der Waals surface area (Å²) >= 11 is 6.24. The summed E-state index contributed by atoms with van der Waals surface area (Å²) in [5.74, 6) is -1.42. The van der Waals surface area contributed by atoms with Crippen molar-refractivity contribution in [2.75, 3.05) is 19.3 Å². The number of piperazine rings is 1. The Morgan fingerprint density at radius 3 is 2.45 bits per heavy atom. The summed E-state index contributed by atoms with van der Waals surface area (Å²) in [5, 5.41) is 3.18. The van der Waals surface area contributed by atoms with Gasteiger partial charge in [-0.25, -0.2) is 12.8 Å². The highest BCUT2D eigenvalue weighted by Crippen LogP contribution is 2.28. The van der Waals surface area contributed by atoms with Gasteiger partial charge in [0.25, 0.3) is 0 Å². The maximum atomic E-state index is 13.2. The van der Waals surface area contributed by atoms with Crippen LogP contribution in [0.2, 0.25) is 5.02 Å². The van der Waals surface area contributed by atoms with Crippen molar-refractivity contribution in [1.29, 1.82) is 0 Å². The minimum atomic E-state index is -3.70. The fraction of sp³-hybridized carbons (Fsp3) is 0.333. The number of carbonyl (C=O) groups excluding carboxylic acids is 2. The Morgan fingerprint density at radius 2 is 1.84 bits per heavy atom. The minimum Gasteiger partial charge on any atom is -0.350 e. The van der Waals surface area contributed by atoms with Gasteiger partial charge >= 0.3 is 0 Å². The van der Waals surface area contributed by atoms with Gasteiger partial charge in [0.1, 0.15) is 11.4 Å². The van der Waals surface area contributed by atoms with Crippen LogP contribution in [0.1, 0.15) is 18.1 Å². The molecule has 10 heteroatoms. The van der Waals surface area contributed by atoms with Gasteiger partial charge < -0.3 is 10.2 Å². The van der Waals surface area contributed by atoms with Crippen molar-refractivity contribution < 1.29 is 22.4 Å². The van der Waals surface area contributed by atoms with E-state index < -0.39 is 33.2 Å². The maximum absolute atomic E-state index is 13.2. The van der Waals surface area contributed by atoms with Crippen LogP contribution in [0.4, 0.5) is 4.39 Å². The number of benzene rings is 2. The Labute approximate surface area is 185 Å². The van der Waals surface area contributed by atoms with E-state index in [4.69, 9.17) is 11.6 Å². The molecule has 31 heavy (non-hydrogen) atoms. The minimum absolute atomic E-state index is 0.0522. The molecule has 1 heterocycles. The Kier molecular flexibility index (Phi) is 6.68. The molecule has 7 nitrogen and oxygen atoms in total. The smallest absolute Gasteiger partial charge is 0.247 e. The summed E-state index contributed by atoms with van der Waals surface area (Å²) < 4.78 is 38.4. The van der Waals surface area contributed by atoms with E-state index in [1.807, 2.05) is 0 Å². The first-order valence-corrected chi connectivity index (χ1v) is 11.7. The van der Waals surface area contributed by atoms with Crippen LogP contribution < -0.4 is 5.32 Å². The number of hydrogen-bond donors (Lipinski definition) is 1. The van der Waals surface area contributed by atoms with E-state index in [2.05, 4.69) is 5.32 Å². The first kappa shape index (κ1) is 23.2. The second-order valence-corrected chi connectivity index (χ2v) is 10.1. The van der Waals surface area contributed by atoms with Crippen LogP contribution in [0.15, 0.2) is 48.5 Å². The summed E-state index contributed by atoms with van der Waals surface area (Å²) in [7, 11) is -3.70. The van der Waals surface area contributed by atoms with Crippen LogP contribution >= 0.6 is 11.6 Å².